The summed E-state index contributed by atoms with van der Waals surface area (Å²) in [6, 6.07) is 0. The van der Waals surface area contributed by atoms with Crippen LogP contribution in [0.15, 0.2) is 23.9 Å². The van der Waals surface area contributed by atoms with Gasteiger partial charge in [0.15, 0.2) is 6.29 Å². The van der Waals surface area contributed by atoms with E-state index in [1.165, 1.54) is 0 Å². The van der Waals surface area contributed by atoms with Crippen LogP contribution in [0.25, 0.3) is 0 Å². The second-order valence-electron chi connectivity index (χ2n) is 2.97. The van der Waals surface area contributed by atoms with Crippen molar-refractivity contribution in [3.05, 3.63) is 23.9 Å². The van der Waals surface area contributed by atoms with Gasteiger partial charge in [0.2, 0.25) is 0 Å². The molecule has 17 heavy (non-hydrogen) atoms. The first-order chi connectivity index (χ1) is 8.28. The molecule has 0 unspecified atom stereocenters. The van der Waals surface area contributed by atoms with E-state index in [9.17, 15) is 0 Å². The van der Waals surface area contributed by atoms with Crippen molar-refractivity contribution in [3.63, 3.8) is 0 Å². The highest BCUT2D eigenvalue weighted by atomic mass is 16.7. The van der Waals surface area contributed by atoms with Gasteiger partial charge < -0.3 is 14.8 Å². The van der Waals surface area contributed by atoms with Gasteiger partial charge in [-0.15, -0.1) is 0 Å². The Morgan fingerprint density at radius 3 is 2.00 bits per heavy atom. The Hall–Kier alpha value is -0.800. The molecule has 0 heterocycles. The second kappa shape index (κ2) is 15.2. The SMILES string of the molecule is C/C=C\C(=C/C)NCC(OCC)OCC.CC. The van der Waals surface area contributed by atoms with E-state index in [1.54, 1.807) is 0 Å². The lowest BCUT2D eigenvalue weighted by Gasteiger charge is -2.18. The quantitative estimate of drug-likeness (QED) is 0.523. The van der Waals surface area contributed by atoms with Crippen LogP contribution in [-0.4, -0.2) is 26.0 Å². The number of hydrogen-bond donors (Lipinski definition) is 1. The van der Waals surface area contributed by atoms with Crippen LogP contribution in [0, 0.1) is 0 Å². The van der Waals surface area contributed by atoms with Crippen molar-refractivity contribution in [1.82, 2.24) is 5.32 Å². The Balaban J connectivity index is 0. The second-order valence-corrected chi connectivity index (χ2v) is 2.97. The van der Waals surface area contributed by atoms with Crippen LogP contribution in [0.1, 0.15) is 41.5 Å². The smallest absolute Gasteiger partial charge is 0.174 e. The summed E-state index contributed by atoms with van der Waals surface area (Å²) in [6.07, 6.45) is 5.88. The molecule has 3 nitrogen and oxygen atoms in total. The Kier molecular flexibility index (Phi) is 16.6. The maximum absolute atomic E-state index is 5.42. The molecule has 0 radical (unpaired) electrons. The molecule has 0 aliphatic carbocycles. The molecule has 0 aliphatic heterocycles. The highest BCUT2D eigenvalue weighted by Crippen LogP contribution is 1.97. The molecule has 0 saturated carbocycles. The number of ether oxygens (including phenoxy) is 2. The first kappa shape index (κ1) is 18.6. The monoisotopic (exact) mass is 243 g/mol. The van der Waals surface area contributed by atoms with Crippen LogP contribution in [0.3, 0.4) is 0 Å². The van der Waals surface area contributed by atoms with Gasteiger partial charge >= 0.3 is 0 Å². The van der Waals surface area contributed by atoms with Gasteiger partial charge in [0.05, 0.1) is 6.54 Å². The molecule has 0 saturated heterocycles. The fraction of sp³-hybridized carbons (Fsp3) is 0.714. The maximum atomic E-state index is 5.42. The zero-order valence-corrected chi connectivity index (χ0v) is 12.2. The predicted molar refractivity (Wildman–Crippen MR) is 75.0 cm³/mol. The minimum absolute atomic E-state index is 0.166. The van der Waals surface area contributed by atoms with Crippen molar-refractivity contribution in [1.29, 1.82) is 0 Å². The average Bonchev–Trinajstić information content (AvgIpc) is 2.37. The van der Waals surface area contributed by atoms with Crippen molar-refractivity contribution < 1.29 is 9.47 Å². The molecule has 1 N–H and O–H groups in total. The highest BCUT2D eigenvalue weighted by molar-refractivity contribution is 5.14. The van der Waals surface area contributed by atoms with Gasteiger partial charge in [0.1, 0.15) is 0 Å². The molecule has 0 rings (SSSR count). The van der Waals surface area contributed by atoms with Crippen LogP contribution in [0.5, 0.6) is 0 Å². The van der Waals surface area contributed by atoms with Gasteiger partial charge in [-0.3, -0.25) is 0 Å². The molecular formula is C14H29NO2. The normalized spacial score (nSPS) is 11.6. The van der Waals surface area contributed by atoms with Gasteiger partial charge in [0, 0.05) is 18.9 Å². The third-order valence-electron chi connectivity index (χ3n) is 1.84. The number of hydrogen-bond acceptors (Lipinski definition) is 3. The summed E-state index contributed by atoms with van der Waals surface area (Å²) in [5.74, 6) is 0. The molecular weight excluding hydrogens is 214 g/mol. The highest BCUT2D eigenvalue weighted by Gasteiger charge is 2.06. The summed E-state index contributed by atoms with van der Waals surface area (Å²) >= 11 is 0. The number of allylic oxidation sites excluding steroid dienone is 3. The molecule has 0 bridgehead atoms. The standard InChI is InChI=1S/C12H23NO2.C2H6/c1-5-9-11(6-2)13-10-12(14-7-3)15-8-4;1-2/h5-6,9,12-13H,7-8,10H2,1-4H3;1-2H3/b9-5-,11-6+;. The molecule has 0 aromatic rings. The third kappa shape index (κ3) is 11.5. The lowest BCUT2D eigenvalue weighted by Crippen LogP contribution is -2.30. The van der Waals surface area contributed by atoms with Crippen LogP contribution in [-0.2, 0) is 9.47 Å². The summed E-state index contributed by atoms with van der Waals surface area (Å²) in [5.41, 5.74) is 1.09. The molecule has 0 fully saturated rings. The van der Waals surface area contributed by atoms with E-state index in [0.717, 1.165) is 5.70 Å². The fourth-order valence-corrected chi connectivity index (χ4v) is 1.18. The van der Waals surface area contributed by atoms with Crippen LogP contribution < -0.4 is 5.32 Å². The average molecular weight is 243 g/mol. The molecule has 0 spiro atoms. The first-order valence-corrected chi connectivity index (χ1v) is 6.54. The van der Waals surface area contributed by atoms with Gasteiger partial charge in [-0.25, -0.2) is 0 Å². The fourth-order valence-electron chi connectivity index (χ4n) is 1.18. The van der Waals surface area contributed by atoms with Crippen molar-refractivity contribution in [2.24, 2.45) is 0 Å². The molecule has 0 aromatic heterocycles. The van der Waals surface area contributed by atoms with E-state index >= 15 is 0 Å². The van der Waals surface area contributed by atoms with E-state index in [4.69, 9.17) is 9.47 Å². The van der Waals surface area contributed by atoms with E-state index in [0.29, 0.717) is 19.8 Å². The predicted octanol–water partition coefficient (Wildman–Crippen LogP) is 3.48. The minimum Gasteiger partial charge on any atom is -0.380 e. The summed E-state index contributed by atoms with van der Waals surface area (Å²) in [5, 5.41) is 3.26. The van der Waals surface area contributed by atoms with Crippen LogP contribution >= 0.6 is 0 Å². The van der Waals surface area contributed by atoms with Crippen LogP contribution in [0.4, 0.5) is 0 Å². The van der Waals surface area contributed by atoms with Crippen molar-refractivity contribution in [3.8, 4) is 0 Å². The van der Waals surface area contributed by atoms with Gasteiger partial charge in [-0.1, -0.05) is 26.0 Å². The van der Waals surface area contributed by atoms with E-state index in [1.807, 2.05) is 59.8 Å². The molecule has 0 amide bonds. The zero-order chi connectivity index (χ0) is 13.5. The van der Waals surface area contributed by atoms with Crippen molar-refractivity contribution in [2.45, 2.75) is 47.8 Å². The Labute approximate surface area is 107 Å². The van der Waals surface area contributed by atoms with Gasteiger partial charge in [-0.05, 0) is 33.8 Å². The largest absolute Gasteiger partial charge is 0.380 e. The van der Waals surface area contributed by atoms with Gasteiger partial charge in [0.25, 0.3) is 0 Å². The lowest BCUT2D eigenvalue weighted by molar-refractivity contribution is -0.131. The Morgan fingerprint density at radius 1 is 1.12 bits per heavy atom. The molecule has 0 atom stereocenters. The van der Waals surface area contributed by atoms with E-state index in [2.05, 4.69) is 5.32 Å². The number of nitrogens with one attached hydrogen (secondary N) is 1. The molecule has 0 aliphatic rings. The molecule has 0 aromatic carbocycles. The van der Waals surface area contributed by atoms with E-state index in [-0.39, 0.29) is 6.29 Å². The number of rotatable bonds is 8. The van der Waals surface area contributed by atoms with Gasteiger partial charge in [-0.2, -0.15) is 0 Å². The summed E-state index contributed by atoms with van der Waals surface area (Å²) in [6.45, 7) is 13.9. The van der Waals surface area contributed by atoms with Crippen LogP contribution in [0.2, 0.25) is 0 Å². The topological polar surface area (TPSA) is 30.5 Å². The minimum atomic E-state index is -0.166. The maximum Gasteiger partial charge on any atom is 0.174 e. The zero-order valence-electron chi connectivity index (χ0n) is 12.2. The summed E-state index contributed by atoms with van der Waals surface area (Å²) in [7, 11) is 0. The Morgan fingerprint density at radius 2 is 1.65 bits per heavy atom. The lowest BCUT2D eigenvalue weighted by atomic mass is 10.3. The summed E-state index contributed by atoms with van der Waals surface area (Å²) in [4.78, 5) is 0. The Bertz CT molecular complexity index is 194. The summed E-state index contributed by atoms with van der Waals surface area (Å²) < 4.78 is 10.8. The van der Waals surface area contributed by atoms with Crippen molar-refractivity contribution >= 4 is 0 Å². The van der Waals surface area contributed by atoms with Crippen molar-refractivity contribution in [2.75, 3.05) is 19.8 Å². The van der Waals surface area contributed by atoms with E-state index < -0.39 is 0 Å². The third-order valence-corrected chi connectivity index (χ3v) is 1.84. The first-order valence-electron chi connectivity index (χ1n) is 6.54. The molecule has 3 heteroatoms. The molecule has 102 valence electrons.